The van der Waals surface area contributed by atoms with Crippen molar-refractivity contribution in [2.75, 3.05) is 0 Å². The van der Waals surface area contributed by atoms with E-state index in [0.29, 0.717) is 5.56 Å². The summed E-state index contributed by atoms with van der Waals surface area (Å²) in [4.78, 5) is 13.8. The zero-order valence-corrected chi connectivity index (χ0v) is 37.5. The molecule has 7 aromatic carbocycles. The third-order valence-electron chi connectivity index (χ3n) is 12.7. The number of hydrogen-bond donors (Lipinski definition) is 0. The molecule has 0 amide bonds. The van der Waals surface area contributed by atoms with Gasteiger partial charge >= 0.3 is 0 Å². The second kappa shape index (κ2) is 19.7. The molecule has 0 aliphatic rings. The molecular weight excluding hydrogens is 813 g/mol. The molecule has 0 radical (unpaired) electrons. The van der Waals surface area contributed by atoms with Crippen molar-refractivity contribution < 1.29 is 0 Å². The Hall–Kier alpha value is -8.52. The highest BCUT2D eigenvalue weighted by molar-refractivity contribution is 5.94. The highest BCUT2D eigenvalue weighted by atomic mass is 14.7. The predicted molar refractivity (Wildman–Crippen MR) is 275 cm³/mol. The Morgan fingerprint density at radius 1 is 0.328 bits per heavy atom. The molecular formula is C63H48N4. The van der Waals surface area contributed by atoms with Gasteiger partial charge in [0.2, 0.25) is 0 Å². The molecule has 0 unspecified atom stereocenters. The standard InChI is InChI=1S/C63H48N4/c1-44-38-49(43-64)23-33-56(44)50-28-30-51(31-29-50)60-42-54(63-14-6-9-37-67-63)32-34-59(60)58-11-3-2-10-57(58)55-40-47(17-15-45-19-24-52(25-20-45)61-12-4-7-35-65-61)39-48(41-55)18-16-46-21-26-53(27-22-46)62-13-5-8-36-66-62/h2-14,19-42H,15-18H2,1H3. The van der Waals surface area contributed by atoms with Gasteiger partial charge in [-0.15, -0.1) is 0 Å². The molecule has 320 valence electrons. The van der Waals surface area contributed by atoms with E-state index in [1.54, 1.807) is 0 Å². The van der Waals surface area contributed by atoms with Crippen LogP contribution >= 0.6 is 0 Å². The Kier molecular flexibility index (Phi) is 12.5. The number of benzene rings is 7. The molecule has 0 saturated heterocycles. The highest BCUT2D eigenvalue weighted by Crippen LogP contribution is 2.41. The molecule has 4 nitrogen and oxygen atoms in total. The molecule has 10 rings (SSSR count). The third-order valence-corrected chi connectivity index (χ3v) is 12.7. The van der Waals surface area contributed by atoms with Gasteiger partial charge in [-0.3, -0.25) is 15.0 Å². The Labute approximate surface area is 393 Å². The van der Waals surface area contributed by atoms with Gasteiger partial charge in [0.25, 0.3) is 0 Å². The lowest BCUT2D eigenvalue weighted by atomic mass is 9.86. The molecule has 0 fully saturated rings. The van der Waals surface area contributed by atoms with Crippen molar-refractivity contribution in [1.82, 2.24) is 15.0 Å². The summed E-state index contributed by atoms with van der Waals surface area (Å²) in [6, 6.07) is 75.7. The molecule has 0 atom stereocenters. The van der Waals surface area contributed by atoms with Crippen molar-refractivity contribution in [2.24, 2.45) is 0 Å². The van der Waals surface area contributed by atoms with Crippen LogP contribution in [0.5, 0.6) is 0 Å². The van der Waals surface area contributed by atoms with Gasteiger partial charge in [-0.05, 0) is 160 Å². The molecule has 0 bridgehead atoms. The number of nitrogens with zero attached hydrogens (tertiary/aromatic N) is 4. The predicted octanol–water partition coefficient (Wildman–Crippen LogP) is 15.3. The summed E-state index contributed by atoms with van der Waals surface area (Å²) in [6.07, 6.45) is 9.24. The van der Waals surface area contributed by atoms with Crippen molar-refractivity contribution in [3.8, 4) is 84.3 Å². The fraction of sp³-hybridized carbons (Fsp3) is 0.0794. The maximum absolute atomic E-state index is 9.48. The van der Waals surface area contributed by atoms with E-state index < -0.39 is 0 Å². The van der Waals surface area contributed by atoms with Gasteiger partial charge in [0, 0.05) is 35.3 Å². The summed E-state index contributed by atoms with van der Waals surface area (Å²) in [6.45, 7) is 2.07. The molecule has 3 heterocycles. The van der Waals surface area contributed by atoms with E-state index in [1.807, 2.05) is 73.2 Å². The van der Waals surface area contributed by atoms with Crippen LogP contribution < -0.4 is 0 Å². The number of hydrogen-bond acceptors (Lipinski definition) is 4. The normalized spacial score (nSPS) is 11.0. The Balaban J connectivity index is 1.02. The van der Waals surface area contributed by atoms with E-state index in [1.165, 1.54) is 38.9 Å². The van der Waals surface area contributed by atoms with Gasteiger partial charge in [-0.25, -0.2) is 0 Å². The topological polar surface area (TPSA) is 62.5 Å². The molecule has 0 saturated carbocycles. The number of aryl methyl sites for hydroxylation is 5. The number of nitriles is 1. The molecule has 3 aromatic heterocycles. The summed E-state index contributed by atoms with van der Waals surface area (Å²) in [7, 11) is 0. The van der Waals surface area contributed by atoms with Gasteiger partial charge in [-0.2, -0.15) is 5.26 Å². The summed E-state index contributed by atoms with van der Waals surface area (Å²) in [5, 5.41) is 9.48. The maximum atomic E-state index is 9.48. The first-order chi connectivity index (χ1) is 33.0. The molecule has 0 spiro atoms. The summed E-state index contributed by atoms with van der Waals surface area (Å²) >= 11 is 0. The average molecular weight is 861 g/mol. The van der Waals surface area contributed by atoms with Crippen LogP contribution in [0.15, 0.2) is 225 Å². The minimum Gasteiger partial charge on any atom is -0.256 e. The number of aromatic nitrogens is 3. The Morgan fingerprint density at radius 2 is 0.761 bits per heavy atom. The zero-order chi connectivity index (χ0) is 45.4. The number of pyridine rings is 3. The fourth-order valence-corrected chi connectivity index (χ4v) is 9.10. The van der Waals surface area contributed by atoms with Crippen LogP contribution in [0.3, 0.4) is 0 Å². The van der Waals surface area contributed by atoms with E-state index in [4.69, 9.17) is 4.98 Å². The maximum Gasteiger partial charge on any atom is 0.0991 e. The van der Waals surface area contributed by atoms with E-state index >= 15 is 0 Å². The fourth-order valence-electron chi connectivity index (χ4n) is 9.10. The van der Waals surface area contributed by atoms with Crippen LogP contribution in [0.2, 0.25) is 0 Å². The molecule has 67 heavy (non-hydrogen) atoms. The third kappa shape index (κ3) is 9.78. The Bertz CT molecular complexity index is 3210. The largest absolute Gasteiger partial charge is 0.256 e. The molecule has 4 heteroatoms. The van der Waals surface area contributed by atoms with E-state index in [2.05, 4.69) is 175 Å². The van der Waals surface area contributed by atoms with Crippen LogP contribution in [0.4, 0.5) is 0 Å². The summed E-state index contributed by atoms with van der Waals surface area (Å²) < 4.78 is 0. The molecule has 0 N–H and O–H groups in total. The van der Waals surface area contributed by atoms with E-state index in [-0.39, 0.29) is 0 Å². The van der Waals surface area contributed by atoms with Crippen molar-refractivity contribution >= 4 is 0 Å². The monoisotopic (exact) mass is 860 g/mol. The van der Waals surface area contributed by atoms with Crippen LogP contribution in [-0.2, 0) is 25.7 Å². The second-order valence-electron chi connectivity index (χ2n) is 17.1. The van der Waals surface area contributed by atoms with Crippen LogP contribution in [0.25, 0.3) is 78.3 Å². The van der Waals surface area contributed by atoms with Crippen molar-refractivity contribution in [2.45, 2.75) is 32.6 Å². The van der Waals surface area contributed by atoms with Crippen molar-refractivity contribution in [3.63, 3.8) is 0 Å². The van der Waals surface area contributed by atoms with Gasteiger partial charge in [0.15, 0.2) is 0 Å². The first-order valence-electron chi connectivity index (χ1n) is 22.9. The molecule has 10 aromatic rings. The zero-order valence-electron chi connectivity index (χ0n) is 37.5. The summed E-state index contributed by atoms with van der Waals surface area (Å²) in [5.74, 6) is 0. The lowest BCUT2D eigenvalue weighted by Gasteiger charge is -2.18. The van der Waals surface area contributed by atoms with Gasteiger partial charge in [0.05, 0.1) is 28.7 Å². The van der Waals surface area contributed by atoms with Gasteiger partial charge < -0.3 is 0 Å². The Morgan fingerprint density at radius 3 is 1.27 bits per heavy atom. The molecule has 0 aliphatic carbocycles. The SMILES string of the molecule is Cc1cc(C#N)ccc1-c1ccc(-c2cc(-c3ccccn3)ccc2-c2ccccc2-c2cc(CCc3ccc(-c4ccccn4)cc3)cc(CCc3ccc(-c4ccccn4)cc3)c2)cc1. The van der Waals surface area contributed by atoms with E-state index in [0.717, 1.165) is 92.8 Å². The lowest BCUT2D eigenvalue weighted by Crippen LogP contribution is -1.98. The smallest absolute Gasteiger partial charge is 0.0991 e. The summed E-state index contributed by atoms with van der Waals surface area (Å²) in [5.41, 5.74) is 22.5. The first kappa shape index (κ1) is 42.4. The van der Waals surface area contributed by atoms with Crippen LogP contribution in [0.1, 0.15) is 33.4 Å². The average Bonchev–Trinajstić information content (AvgIpc) is 3.40. The van der Waals surface area contributed by atoms with Crippen molar-refractivity contribution in [3.05, 3.63) is 258 Å². The highest BCUT2D eigenvalue weighted by Gasteiger charge is 2.17. The minimum absolute atomic E-state index is 0.670. The quantitative estimate of drug-likeness (QED) is 0.116. The van der Waals surface area contributed by atoms with Crippen LogP contribution in [-0.4, -0.2) is 15.0 Å². The molecule has 0 aliphatic heterocycles. The second-order valence-corrected chi connectivity index (χ2v) is 17.1. The van der Waals surface area contributed by atoms with Crippen molar-refractivity contribution in [1.29, 1.82) is 5.26 Å². The van der Waals surface area contributed by atoms with Crippen LogP contribution in [0, 0.1) is 18.3 Å². The number of rotatable bonds is 13. The van der Waals surface area contributed by atoms with Gasteiger partial charge in [-0.1, -0.05) is 152 Å². The lowest BCUT2D eigenvalue weighted by molar-refractivity contribution is 0.931. The minimum atomic E-state index is 0.670. The first-order valence-corrected chi connectivity index (χ1v) is 22.9. The van der Waals surface area contributed by atoms with E-state index in [9.17, 15) is 5.26 Å². The van der Waals surface area contributed by atoms with Gasteiger partial charge in [0.1, 0.15) is 0 Å².